The third-order valence-corrected chi connectivity index (χ3v) is 1.89. The van der Waals surface area contributed by atoms with E-state index in [1.54, 1.807) is 0 Å². The molecule has 2 aromatic rings. The summed E-state index contributed by atoms with van der Waals surface area (Å²) in [6.45, 7) is 0. The van der Waals surface area contributed by atoms with Crippen LogP contribution in [0, 0.1) is 10.1 Å². The Bertz CT molecular complexity index is 493. The summed E-state index contributed by atoms with van der Waals surface area (Å²) < 4.78 is 4.96. The lowest BCUT2D eigenvalue weighted by Crippen LogP contribution is -1.87. The molecule has 0 saturated carbocycles. The predicted molar refractivity (Wildman–Crippen MR) is 50.3 cm³/mol. The van der Waals surface area contributed by atoms with Crippen molar-refractivity contribution in [2.75, 3.05) is 0 Å². The fraction of sp³-hybridized carbons (Fsp3) is 0. The molecule has 6 heteroatoms. The van der Waals surface area contributed by atoms with Gasteiger partial charge in [-0.25, -0.2) is 4.98 Å². The summed E-state index contributed by atoms with van der Waals surface area (Å²) >= 11 is 0. The summed E-state index contributed by atoms with van der Waals surface area (Å²) in [5.74, 6) is 0.156. The SMILES string of the molecule is O=[N+]([O-])c1ccc(-c2cnco2)c(O)c1. The highest BCUT2D eigenvalue weighted by Gasteiger charge is 2.12. The number of hydrogen-bond donors (Lipinski definition) is 1. The number of oxazole rings is 1. The van der Waals surface area contributed by atoms with Gasteiger partial charge in [0.2, 0.25) is 0 Å². The molecule has 0 aliphatic carbocycles. The lowest BCUT2D eigenvalue weighted by Gasteiger charge is -1.99. The molecule has 1 aromatic carbocycles. The van der Waals surface area contributed by atoms with Crippen LogP contribution in [0.25, 0.3) is 11.3 Å². The van der Waals surface area contributed by atoms with E-state index in [4.69, 9.17) is 4.42 Å². The van der Waals surface area contributed by atoms with Crippen molar-refractivity contribution in [2.24, 2.45) is 0 Å². The molecule has 2 rings (SSSR count). The first-order valence-corrected chi connectivity index (χ1v) is 4.05. The maximum absolute atomic E-state index is 10.4. The number of nitrogens with zero attached hydrogens (tertiary/aromatic N) is 2. The zero-order valence-electron chi connectivity index (χ0n) is 7.45. The second-order valence-electron chi connectivity index (χ2n) is 2.82. The van der Waals surface area contributed by atoms with Gasteiger partial charge in [-0.3, -0.25) is 10.1 Å². The third-order valence-electron chi connectivity index (χ3n) is 1.89. The van der Waals surface area contributed by atoms with E-state index in [1.165, 1.54) is 24.7 Å². The third kappa shape index (κ3) is 1.64. The van der Waals surface area contributed by atoms with Crippen LogP contribution in [0.3, 0.4) is 0 Å². The van der Waals surface area contributed by atoms with Gasteiger partial charge in [-0.1, -0.05) is 0 Å². The molecule has 0 aliphatic heterocycles. The van der Waals surface area contributed by atoms with Gasteiger partial charge in [0.25, 0.3) is 5.69 Å². The Balaban J connectivity index is 2.48. The molecule has 0 spiro atoms. The van der Waals surface area contributed by atoms with Crippen LogP contribution < -0.4 is 0 Å². The molecule has 1 N–H and O–H groups in total. The highest BCUT2D eigenvalue weighted by atomic mass is 16.6. The van der Waals surface area contributed by atoms with Crippen molar-refractivity contribution in [3.63, 3.8) is 0 Å². The van der Waals surface area contributed by atoms with Gasteiger partial charge in [0.1, 0.15) is 5.75 Å². The zero-order chi connectivity index (χ0) is 10.8. The fourth-order valence-electron chi connectivity index (χ4n) is 1.19. The summed E-state index contributed by atoms with van der Waals surface area (Å²) in [6, 6.07) is 3.77. The van der Waals surface area contributed by atoms with E-state index in [-0.39, 0.29) is 11.4 Å². The number of phenolic OH excluding ortho intramolecular Hbond substituents is 1. The van der Waals surface area contributed by atoms with Crippen molar-refractivity contribution >= 4 is 5.69 Å². The maximum atomic E-state index is 10.4. The van der Waals surface area contributed by atoms with E-state index in [0.717, 1.165) is 6.07 Å². The smallest absolute Gasteiger partial charge is 0.273 e. The molecule has 0 aliphatic rings. The monoisotopic (exact) mass is 206 g/mol. The van der Waals surface area contributed by atoms with E-state index in [9.17, 15) is 15.2 Å². The van der Waals surface area contributed by atoms with Gasteiger partial charge in [-0.15, -0.1) is 0 Å². The predicted octanol–water partition coefficient (Wildman–Crippen LogP) is 1.96. The minimum atomic E-state index is -0.579. The molecule has 0 amide bonds. The Morgan fingerprint density at radius 3 is 2.80 bits per heavy atom. The number of benzene rings is 1. The summed E-state index contributed by atoms with van der Waals surface area (Å²) in [5.41, 5.74) is 0.203. The summed E-state index contributed by atoms with van der Waals surface area (Å²) in [4.78, 5) is 13.5. The van der Waals surface area contributed by atoms with E-state index in [0.29, 0.717) is 11.3 Å². The number of nitro groups is 1. The number of phenols is 1. The Hall–Kier alpha value is -2.37. The van der Waals surface area contributed by atoms with E-state index >= 15 is 0 Å². The van der Waals surface area contributed by atoms with Crippen LogP contribution in [-0.2, 0) is 0 Å². The fourth-order valence-corrected chi connectivity index (χ4v) is 1.19. The summed E-state index contributed by atoms with van der Waals surface area (Å²) in [7, 11) is 0. The van der Waals surface area contributed by atoms with Gasteiger partial charge >= 0.3 is 0 Å². The Kier molecular flexibility index (Phi) is 2.09. The van der Waals surface area contributed by atoms with E-state index in [1.807, 2.05) is 0 Å². The number of aromatic hydroxyl groups is 1. The van der Waals surface area contributed by atoms with Crippen LogP contribution in [0.5, 0.6) is 5.75 Å². The van der Waals surface area contributed by atoms with Gasteiger partial charge in [-0.2, -0.15) is 0 Å². The average molecular weight is 206 g/mol. The van der Waals surface area contributed by atoms with Gasteiger partial charge in [-0.05, 0) is 6.07 Å². The molecule has 1 aromatic heterocycles. The van der Waals surface area contributed by atoms with Crippen molar-refractivity contribution in [3.8, 4) is 17.1 Å². The van der Waals surface area contributed by atoms with Crippen LogP contribution in [0.4, 0.5) is 5.69 Å². The van der Waals surface area contributed by atoms with Gasteiger partial charge < -0.3 is 9.52 Å². The van der Waals surface area contributed by atoms with Crippen molar-refractivity contribution in [1.82, 2.24) is 4.98 Å². The molecule has 0 radical (unpaired) electrons. The molecular formula is C9H6N2O4. The van der Waals surface area contributed by atoms with Crippen molar-refractivity contribution in [2.45, 2.75) is 0 Å². The van der Waals surface area contributed by atoms with Crippen LogP contribution in [0.1, 0.15) is 0 Å². The number of nitro benzene ring substituents is 1. The van der Waals surface area contributed by atoms with Crippen LogP contribution in [0.15, 0.2) is 35.2 Å². The number of non-ortho nitro benzene ring substituents is 1. The molecular weight excluding hydrogens is 200 g/mol. The second kappa shape index (κ2) is 3.41. The van der Waals surface area contributed by atoms with Crippen molar-refractivity contribution in [1.29, 1.82) is 0 Å². The number of aromatic nitrogens is 1. The minimum Gasteiger partial charge on any atom is -0.507 e. The van der Waals surface area contributed by atoms with Gasteiger partial charge in [0.05, 0.1) is 22.7 Å². The lowest BCUT2D eigenvalue weighted by molar-refractivity contribution is -0.384. The molecule has 0 fully saturated rings. The number of rotatable bonds is 2. The molecule has 15 heavy (non-hydrogen) atoms. The first kappa shape index (κ1) is 9.20. The van der Waals surface area contributed by atoms with Crippen molar-refractivity contribution in [3.05, 3.63) is 40.9 Å². The van der Waals surface area contributed by atoms with Crippen molar-refractivity contribution < 1.29 is 14.4 Å². The molecule has 76 valence electrons. The quantitative estimate of drug-likeness (QED) is 0.599. The molecule has 0 atom stereocenters. The Morgan fingerprint density at radius 1 is 1.47 bits per heavy atom. The molecule has 1 heterocycles. The number of hydrogen-bond acceptors (Lipinski definition) is 5. The van der Waals surface area contributed by atoms with Crippen LogP contribution >= 0.6 is 0 Å². The zero-order valence-corrected chi connectivity index (χ0v) is 7.45. The standard InChI is InChI=1S/C9H6N2O4/c12-8-3-6(11(13)14)1-2-7(8)9-4-10-5-15-9/h1-5,12H. The Morgan fingerprint density at radius 2 is 2.27 bits per heavy atom. The van der Waals surface area contributed by atoms with Gasteiger partial charge in [0.15, 0.2) is 12.2 Å². The van der Waals surface area contributed by atoms with E-state index < -0.39 is 4.92 Å². The summed E-state index contributed by atoms with van der Waals surface area (Å²) in [5, 5.41) is 19.9. The van der Waals surface area contributed by atoms with Gasteiger partial charge in [0, 0.05) is 6.07 Å². The minimum absolute atomic E-state index is 0.171. The average Bonchev–Trinajstić information content (AvgIpc) is 2.70. The van der Waals surface area contributed by atoms with E-state index in [2.05, 4.69) is 4.98 Å². The first-order chi connectivity index (χ1) is 7.18. The molecule has 0 bridgehead atoms. The highest BCUT2D eigenvalue weighted by molar-refractivity contribution is 5.66. The Labute approximate surface area is 83.9 Å². The second-order valence-corrected chi connectivity index (χ2v) is 2.82. The normalized spacial score (nSPS) is 10.1. The highest BCUT2D eigenvalue weighted by Crippen LogP contribution is 2.31. The summed E-state index contributed by atoms with van der Waals surface area (Å²) in [6.07, 6.45) is 2.64. The topological polar surface area (TPSA) is 89.4 Å². The van der Waals surface area contributed by atoms with Crippen LogP contribution in [0.2, 0.25) is 0 Å². The maximum Gasteiger partial charge on any atom is 0.273 e. The molecule has 0 unspecified atom stereocenters. The lowest BCUT2D eigenvalue weighted by atomic mass is 10.1. The first-order valence-electron chi connectivity index (χ1n) is 4.05. The largest absolute Gasteiger partial charge is 0.507 e. The molecule has 6 nitrogen and oxygen atoms in total. The molecule has 0 saturated heterocycles. The van der Waals surface area contributed by atoms with Crippen LogP contribution in [-0.4, -0.2) is 15.0 Å².